The van der Waals surface area contributed by atoms with Crippen molar-refractivity contribution < 1.29 is 9.53 Å². The molecule has 1 unspecified atom stereocenters. The van der Waals surface area contributed by atoms with Gasteiger partial charge in [-0.15, -0.1) is 17.9 Å². The van der Waals surface area contributed by atoms with Crippen LogP contribution in [0.3, 0.4) is 0 Å². The minimum absolute atomic E-state index is 0.191. The summed E-state index contributed by atoms with van der Waals surface area (Å²) in [6, 6.07) is 4.06. The Labute approximate surface area is 113 Å². The second-order valence-electron chi connectivity index (χ2n) is 4.31. The third-order valence-corrected chi connectivity index (χ3v) is 3.68. The molecule has 1 N–H and O–H groups in total. The summed E-state index contributed by atoms with van der Waals surface area (Å²) in [6.07, 6.45) is 3.30. The van der Waals surface area contributed by atoms with Crippen molar-refractivity contribution in [3.63, 3.8) is 0 Å². The Morgan fingerprint density at radius 2 is 2.44 bits per heavy atom. The predicted molar refractivity (Wildman–Crippen MR) is 75.6 cm³/mol. The van der Waals surface area contributed by atoms with Crippen molar-refractivity contribution in [3.05, 3.63) is 35.0 Å². The summed E-state index contributed by atoms with van der Waals surface area (Å²) < 4.78 is 5.14. The highest BCUT2D eigenvalue weighted by molar-refractivity contribution is 7.09. The topological polar surface area (TPSA) is 38.3 Å². The quantitative estimate of drug-likeness (QED) is 0.581. The molecule has 100 valence electrons. The van der Waals surface area contributed by atoms with Gasteiger partial charge >= 0.3 is 5.97 Å². The Morgan fingerprint density at radius 3 is 3.00 bits per heavy atom. The first-order valence-electron chi connectivity index (χ1n) is 6.18. The zero-order chi connectivity index (χ0) is 13.4. The number of hydrogen-bond donors (Lipinski definition) is 1. The van der Waals surface area contributed by atoms with Crippen LogP contribution in [0.5, 0.6) is 0 Å². The molecule has 0 radical (unpaired) electrons. The molecule has 1 heterocycles. The average molecular weight is 267 g/mol. The monoisotopic (exact) mass is 267 g/mol. The molecule has 0 aliphatic heterocycles. The molecule has 0 bridgehead atoms. The molecule has 1 atom stereocenters. The Bertz CT molecular complexity index is 375. The van der Waals surface area contributed by atoms with Gasteiger partial charge in [-0.3, -0.25) is 10.1 Å². The summed E-state index contributed by atoms with van der Waals surface area (Å²) in [4.78, 5) is 13.2. The number of carbonyl (C=O) groups is 1. The Balaban J connectivity index is 2.63. The highest BCUT2D eigenvalue weighted by Crippen LogP contribution is 2.17. The highest BCUT2D eigenvalue weighted by atomic mass is 32.1. The average Bonchev–Trinajstić information content (AvgIpc) is 2.87. The Kier molecular flexibility index (Phi) is 6.09. The van der Waals surface area contributed by atoms with Crippen LogP contribution in [-0.4, -0.2) is 18.1 Å². The molecule has 0 spiro atoms. The van der Waals surface area contributed by atoms with Crippen LogP contribution in [0, 0.1) is 0 Å². The van der Waals surface area contributed by atoms with Crippen molar-refractivity contribution in [1.29, 1.82) is 0 Å². The zero-order valence-corrected chi connectivity index (χ0v) is 11.9. The lowest BCUT2D eigenvalue weighted by Gasteiger charge is -2.28. The fraction of sp³-hybridized carbons (Fsp3) is 0.500. The number of esters is 1. The zero-order valence-electron chi connectivity index (χ0n) is 11.1. The number of allylic oxidation sites excluding steroid dienone is 1. The van der Waals surface area contributed by atoms with Gasteiger partial charge in [0, 0.05) is 11.4 Å². The van der Waals surface area contributed by atoms with Crippen LogP contribution in [0.15, 0.2) is 30.2 Å². The first-order chi connectivity index (χ1) is 8.62. The van der Waals surface area contributed by atoms with Crippen LogP contribution in [0.2, 0.25) is 0 Å². The van der Waals surface area contributed by atoms with Gasteiger partial charge in [-0.25, -0.2) is 0 Å². The maximum absolute atomic E-state index is 12.0. The summed E-state index contributed by atoms with van der Waals surface area (Å²) in [5.74, 6) is -0.191. The van der Waals surface area contributed by atoms with E-state index < -0.39 is 5.54 Å². The van der Waals surface area contributed by atoms with Gasteiger partial charge in [0.2, 0.25) is 0 Å². The predicted octanol–water partition coefficient (Wildman–Crippen LogP) is 3.13. The standard InChI is InChI=1S/C14H21NO2S/c1-4-6-9-14(3,13(16)17-5-2)15-11-12-8-7-10-18-12/h4,7-8,10,15H,1,5-6,9,11H2,2-3H3. The summed E-state index contributed by atoms with van der Waals surface area (Å²) >= 11 is 1.68. The molecule has 0 amide bonds. The molecule has 0 aromatic carbocycles. The molecule has 3 nitrogen and oxygen atoms in total. The molecule has 0 saturated carbocycles. The molecule has 1 aromatic heterocycles. The second kappa shape index (κ2) is 7.34. The third kappa shape index (κ3) is 4.27. The van der Waals surface area contributed by atoms with Gasteiger partial charge in [0.1, 0.15) is 5.54 Å². The SMILES string of the molecule is C=CCCC(C)(NCc1cccs1)C(=O)OCC. The molecule has 18 heavy (non-hydrogen) atoms. The minimum atomic E-state index is -0.645. The lowest BCUT2D eigenvalue weighted by atomic mass is 9.95. The molecule has 0 aliphatic rings. The van der Waals surface area contributed by atoms with Crippen molar-refractivity contribution in [2.45, 2.75) is 38.8 Å². The molecule has 4 heteroatoms. The number of rotatable bonds is 8. The van der Waals surface area contributed by atoms with E-state index in [1.54, 1.807) is 11.3 Å². The van der Waals surface area contributed by atoms with Crippen molar-refractivity contribution >= 4 is 17.3 Å². The van der Waals surface area contributed by atoms with E-state index in [9.17, 15) is 4.79 Å². The largest absolute Gasteiger partial charge is 0.465 e. The van der Waals surface area contributed by atoms with Crippen molar-refractivity contribution in [1.82, 2.24) is 5.32 Å². The molecule has 0 fully saturated rings. The summed E-state index contributed by atoms with van der Waals surface area (Å²) in [5.41, 5.74) is -0.645. The van der Waals surface area contributed by atoms with E-state index >= 15 is 0 Å². The molecule has 1 aromatic rings. The van der Waals surface area contributed by atoms with Gasteiger partial charge in [0.25, 0.3) is 0 Å². The van der Waals surface area contributed by atoms with Gasteiger partial charge in [0.05, 0.1) is 6.61 Å². The highest BCUT2D eigenvalue weighted by Gasteiger charge is 2.33. The Morgan fingerprint density at radius 1 is 1.67 bits per heavy atom. The molecular weight excluding hydrogens is 246 g/mol. The fourth-order valence-electron chi connectivity index (χ4n) is 1.64. The van der Waals surface area contributed by atoms with Crippen LogP contribution in [0.4, 0.5) is 0 Å². The molecule has 0 aliphatic carbocycles. The van der Waals surface area contributed by atoms with Crippen LogP contribution >= 0.6 is 11.3 Å². The second-order valence-corrected chi connectivity index (χ2v) is 5.35. The maximum atomic E-state index is 12.0. The van der Waals surface area contributed by atoms with Crippen LogP contribution in [0.1, 0.15) is 31.6 Å². The maximum Gasteiger partial charge on any atom is 0.326 e. The minimum Gasteiger partial charge on any atom is -0.465 e. The number of thiophene rings is 1. The summed E-state index contributed by atoms with van der Waals surface area (Å²) in [7, 11) is 0. The van der Waals surface area contributed by atoms with E-state index in [1.165, 1.54) is 4.88 Å². The first kappa shape index (κ1) is 14.9. The summed E-state index contributed by atoms with van der Waals surface area (Å²) in [6.45, 7) is 8.51. The number of nitrogens with one attached hydrogen (secondary N) is 1. The van der Waals surface area contributed by atoms with Gasteiger partial charge in [0.15, 0.2) is 0 Å². The van der Waals surface area contributed by atoms with Crippen molar-refractivity contribution in [2.75, 3.05) is 6.61 Å². The van der Waals surface area contributed by atoms with E-state index in [1.807, 2.05) is 31.4 Å². The molecular formula is C14H21NO2S. The number of carbonyl (C=O) groups excluding carboxylic acids is 1. The van der Waals surface area contributed by atoms with Gasteiger partial charge in [-0.05, 0) is 38.1 Å². The van der Waals surface area contributed by atoms with Gasteiger partial charge < -0.3 is 4.74 Å². The lowest BCUT2D eigenvalue weighted by Crippen LogP contribution is -2.50. The first-order valence-corrected chi connectivity index (χ1v) is 7.06. The van der Waals surface area contributed by atoms with Crippen molar-refractivity contribution in [2.24, 2.45) is 0 Å². The number of ether oxygens (including phenoxy) is 1. The van der Waals surface area contributed by atoms with Crippen LogP contribution in [0.25, 0.3) is 0 Å². The molecule has 0 saturated heterocycles. The van der Waals surface area contributed by atoms with E-state index in [0.717, 1.165) is 6.42 Å². The normalized spacial score (nSPS) is 13.9. The van der Waals surface area contributed by atoms with Gasteiger partial charge in [-0.1, -0.05) is 12.1 Å². The smallest absolute Gasteiger partial charge is 0.326 e. The van der Waals surface area contributed by atoms with Crippen molar-refractivity contribution in [3.8, 4) is 0 Å². The third-order valence-electron chi connectivity index (χ3n) is 2.81. The van der Waals surface area contributed by atoms with E-state index in [4.69, 9.17) is 4.74 Å². The summed E-state index contributed by atoms with van der Waals surface area (Å²) in [5, 5.41) is 5.34. The van der Waals surface area contributed by atoms with E-state index in [2.05, 4.69) is 18.0 Å². The Hall–Kier alpha value is -1.13. The van der Waals surface area contributed by atoms with E-state index in [-0.39, 0.29) is 5.97 Å². The molecule has 1 rings (SSSR count). The lowest BCUT2D eigenvalue weighted by molar-refractivity contribution is -0.150. The number of hydrogen-bond acceptors (Lipinski definition) is 4. The van der Waals surface area contributed by atoms with E-state index in [0.29, 0.717) is 19.6 Å². The van der Waals surface area contributed by atoms with Gasteiger partial charge in [-0.2, -0.15) is 0 Å². The van der Waals surface area contributed by atoms with Crippen LogP contribution < -0.4 is 5.32 Å². The van der Waals surface area contributed by atoms with Crippen LogP contribution in [-0.2, 0) is 16.1 Å². The fourth-order valence-corrected chi connectivity index (χ4v) is 2.28.